The standard InChI is InChI=1S/C19H19N3O3/c1-11(23)16-17(12-5-3-2-4-6-12)22(19(25)18(16)24)13-7-8-14-15(9-13)21-10-20-14/h5,7-10,24-25H,2-4,6H2,1H3,(H,20,21). The highest BCUT2D eigenvalue weighted by molar-refractivity contribution is 6.03. The lowest BCUT2D eigenvalue weighted by Crippen LogP contribution is -2.06. The second kappa shape index (κ2) is 5.81. The molecule has 0 unspecified atom stereocenters. The summed E-state index contributed by atoms with van der Waals surface area (Å²) < 4.78 is 1.56. The van der Waals surface area contributed by atoms with Crippen molar-refractivity contribution in [1.29, 1.82) is 0 Å². The highest BCUT2D eigenvalue weighted by Crippen LogP contribution is 2.43. The van der Waals surface area contributed by atoms with Gasteiger partial charge in [0.15, 0.2) is 11.5 Å². The van der Waals surface area contributed by atoms with Crippen LogP contribution in [0.5, 0.6) is 11.6 Å². The molecule has 3 N–H and O–H groups in total. The van der Waals surface area contributed by atoms with E-state index < -0.39 is 0 Å². The maximum Gasteiger partial charge on any atom is 0.240 e. The van der Waals surface area contributed by atoms with Crippen LogP contribution in [0.15, 0.2) is 30.6 Å². The van der Waals surface area contributed by atoms with Gasteiger partial charge >= 0.3 is 0 Å². The van der Waals surface area contributed by atoms with Crippen molar-refractivity contribution >= 4 is 22.4 Å². The normalized spacial score (nSPS) is 14.7. The molecular weight excluding hydrogens is 318 g/mol. The van der Waals surface area contributed by atoms with E-state index in [-0.39, 0.29) is 23.0 Å². The number of fused-ring (bicyclic) bond motifs is 1. The average Bonchev–Trinajstić information content (AvgIpc) is 3.18. The number of hydrogen-bond acceptors (Lipinski definition) is 4. The van der Waals surface area contributed by atoms with E-state index in [0.29, 0.717) is 11.4 Å². The Kier molecular flexibility index (Phi) is 3.60. The molecule has 0 saturated carbocycles. The van der Waals surface area contributed by atoms with E-state index in [1.54, 1.807) is 10.9 Å². The molecule has 25 heavy (non-hydrogen) atoms. The van der Waals surface area contributed by atoms with Crippen molar-refractivity contribution in [3.05, 3.63) is 41.9 Å². The van der Waals surface area contributed by atoms with Crippen LogP contribution in [0.1, 0.15) is 48.7 Å². The molecule has 4 rings (SSSR count). The first kappa shape index (κ1) is 15.5. The molecule has 0 spiro atoms. The van der Waals surface area contributed by atoms with Crippen molar-refractivity contribution in [2.45, 2.75) is 32.6 Å². The average molecular weight is 337 g/mol. The quantitative estimate of drug-likeness (QED) is 0.632. The van der Waals surface area contributed by atoms with E-state index >= 15 is 0 Å². The summed E-state index contributed by atoms with van der Waals surface area (Å²) in [4.78, 5) is 19.4. The number of Topliss-reactive ketones (excluding diaryl/α,β-unsaturated/α-hetero) is 1. The molecule has 1 aliphatic rings. The fourth-order valence-electron chi connectivity index (χ4n) is 3.55. The minimum atomic E-state index is -0.362. The lowest BCUT2D eigenvalue weighted by molar-refractivity contribution is 0.101. The van der Waals surface area contributed by atoms with Crippen molar-refractivity contribution < 1.29 is 15.0 Å². The van der Waals surface area contributed by atoms with Crippen LogP contribution in [-0.4, -0.2) is 30.5 Å². The summed E-state index contributed by atoms with van der Waals surface area (Å²) in [6.07, 6.45) is 7.57. The first-order valence-corrected chi connectivity index (χ1v) is 8.38. The molecule has 0 fully saturated rings. The van der Waals surface area contributed by atoms with Gasteiger partial charge in [-0.3, -0.25) is 9.36 Å². The van der Waals surface area contributed by atoms with Crippen LogP contribution < -0.4 is 0 Å². The van der Waals surface area contributed by atoms with Crippen molar-refractivity contribution in [2.75, 3.05) is 0 Å². The minimum Gasteiger partial charge on any atom is -0.503 e. The Hall–Kier alpha value is -3.02. The molecule has 0 amide bonds. The number of nitrogens with one attached hydrogen (secondary N) is 1. The van der Waals surface area contributed by atoms with Crippen LogP contribution >= 0.6 is 0 Å². The molecule has 128 valence electrons. The third-order valence-electron chi connectivity index (χ3n) is 4.73. The summed E-state index contributed by atoms with van der Waals surface area (Å²) in [5, 5.41) is 21.0. The Morgan fingerprint density at radius 3 is 2.84 bits per heavy atom. The van der Waals surface area contributed by atoms with Crippen LogP contribution in [0.4, 0.5) is 0 Å². The fraction of sp³-hybridized carbons (Fsp3) is 0.263. The third kappa shape index (κ3) is 2.41. The molecule has 6 heteroatoms. The summed E-state index contributed by atoms with van der Waals surface area (Å²) in [6, 6.07) is 5.50. The van der Waals surface area contributed by atoms with Crippen LogP contribution in [0.25, 0.3) is 22.3 Å². The molecule has 0 radical (unpaired) electrons. The van der Waals surface area contributed by atoms with Crippen LogP contribution in [0.3, 0.4) is 0 Å². The van der Waals surface area contributed by atoms with Gasteiger partial charge in [-0.2, -0.15) is 0 Å². The number of allylic oxidation sites excluding steroid dienone is 2. The molecular formula is C19H19N3O3. The Morgan fingerprint density at radius 2 is 2.12 bits per heavy atom. The number of rotatable bonds is 3. The lowest BCUT2D eigenvalue weighted by atomic mass is 9.94. The monoisotopic (exact) mass is 337 g/mol. The minimum absolute atomic E-state index is 0.176. The lowest BCUT2D eigenvalue weighted by Gasteiger charge is -2.17. The van der Waals surface area contributed by atoms with E-state index in [4.69, 9.17) is 0 Å². The Labute approximate surface area is 144 Å². The maximum atomic E-state index is 12.2. The Balaban J connectivity index is 2.01. The fourth-order valence-corrected chi connectivity index (χ4v) is 3.55. The number of benzene rings is 1. The van der Waals surface area contributed by atoms with Gasteiger partial charge < -0.3 is 15.2 Å². The van der Waals surface area contributed by atoms with Crippen molar-refractivity contribution in [3.8, 4) is 17.3 Å². The van der Waals surface area contributed by atoms with Crippen LogP contribution in [0.2, 0.25) is 0 Å². The first-order valence-electron chi connectivity index (χ1n) is 8.38. The van der Waals surface area contributed by atoms with E-state index in [0.717, 1.165) is 42.3 Å². The van der Waals surface area contributed by atoms with Gasteiger partial charge in [-0.15, -0.1) is 0 Å². The van der Waals surface area contributed by atoms with Crippen molar-refractivity contribution in [1.82, 2.24) is 14.5 Å². The largest absolute Gasteiger partial charge is 0.503 e. The number of carbonyl (C=O) groups is 1. The van der Waals surface area contributed by atoms with Gasteiger partial charge in [0.2, 0.25) is 5.88 Å². The summed E-state index contributed by atoms with van der Waals surface area (Å²) in [6.45, 7) is 1.41. The van der Waals surface area contributed by atoms with Gasteiger partial charge in [0, 0.05) is 0 Å². The maximum absolute atomic E-state index is 12.2. The van der Waals surface area contributed by atoms with Crippen molar-refractivity contribution in [3.63, 3.8) is 0 Å². The van der Waals surface area contributed by atoms with Gasteiger partial charge in [0.1, 0.15) is 0 Å². The predicted molar refractivity (Wildman–Crippen MR) is 95.2 cm³/mol. The molecule has 6 nitrogen and oxygen atoms in total. The molecule has 3 aromatic rings. The zero-order valence-electron chi connectivity index (χ0n) is 13.9. The summed E-state index contributed by atoms with van der Waals surface area (Å²) in [5.41, 5.74) is 4.04. The van der Waals surface area contributed by atoms with Gasteiger partial charge in [-0.05, 0) is 56.4 Å². The molecule has 2 aromatic heterocycles. The Morgan fingerprint density at radius 1 is 1.28 bits per heavy atom. The zero-order chi connectivity index (χ0) is 17.6. The molecule has 0 atom stereocenters. The van der Waals surface area contributed by atoms with E-state index in [9.17, 15) is 15.0 Å². The molecule has 2 heterocycles. The number of imidazole rings is 1. The summed E-state index contributed by atoms with van der Waals surface area (Å²) in [5.74, 6) is -0.945. The number of ketones is 1. The second-order valence-electron chi connectivity index (χ2n) is 6.37. The number of aromatic hydroxyl groups is 2. The topological polar surface area (TPSA) is 91.1 Å². The van der Waals surface area contributed by atoms with Crippen molar-refractivity contribution in [2.24, 2.45) is 0 Å². The van der Waals surface area contributed by atoms with E-state index in [1.165, 1.54) is 6.92 Å². The smallest absolute Gasteiger partial charge is 0.240 e. The zero-order valence-corrected chi connectivity index (χ0v) is 13.9. The molecule has 0 bridgehead atoms. The third-order valence-corrected chi connectivity index (χ3v) is 4.73. The molecule has 1 aromatic carbocycles. The number of hydrogen-bond donors (Lipinski definition) is 3. The van der Waals surface area contributed by atoms with Crippen LogP contribution in [-0.2, 0) is 0 Å². The van der Waals surface area contributed by atoms with Gasteiger partial charge in [-0.25, -0.2) is 4.98 Å². The van der Waals surface area contributed by atoms with Gasteiger partial charge in [0.05, 0.1) is 34.3 Å². The van der Waals surface area contributed by atoms with Gasteiger partial charge in [0.25, 0.3) is 0 Å². The summed E-state index contributed by atoms with van der Waals surface area (Å²) in [7, 11) is 0. The van der Waals surface area contributed by atoms with Gasteiger partial charge in [-0.1, -0.05) is 6.08 Å². The van der Waals surface area contributed by atoms with Crippen LogP contribution in [0, 0.1) is 0 Å². The van der Waals surface area contributed by atoms with E-state index in [1.807, 2.05) is 18.2 Å². The molecule has 1 aliphatic carbocycles. The number of aromatic nitrogens is 3. The number of H-pyrrole nitrogens is 1. The first-order chi connectivity index (χ1) is 12.1. The predicted octanol–water partition coefficient (Wildman–Crippen LogP) is 3.92. The number of aromatic amines is 1. The second-order valence-corrected chi connectivity index (χ2v) is 6.37. The number of carbonyl (C=O) groups excluding carboxylic acids is 1. The highest BCUT2D eigenvalue weighted by Gasteiger charge is 2.28. The molecule has 0 aliphatic heterocycles. The van der Waals surface area contributed by atoms with E-state index in [2.05, 4.69) is 16.0 Å². The SMILES string of the molecule is CC(=O)c1c(O)c(O)n(-c2ccc3nc[nH]c3c2)c1C1=CCCCC1. The number of nitrogens with zero attached hydrogens (tertiary/aromatic N) is 2. The Bertz CT molecular complexity index is 1010. The highest BCUT2D eigenvalue weighted by atomic mass is 16.3. The molecule has 0 saturated heterocycles. The summed E-state index contributed by atoms with van der Waals surface area (Å²) >= 11 is 0.